The lowest BCUT2D eigenvalue weighted by atomic mass is 9.93. The number of carboxylic acid groups (broad SMARTS) is 1. The van der Waals surface area contributed by atoms with Gasteiger partial charge < -0.3 is 15.3 Å². The molecule has 0 aromatic heterocycles. The van der Waals surface area contributed by atoms with E-state index in [1.165, 1.54) is 0 Å². The van der Waals surface area contributed by atoms with Gasteiger partial charge in [0.05, 0.1) is 12.0 Å². The molecule has 1 aliphatic carbocycles. The highest BCUT2D eigenvalue weighted by molar-refractivity contribution is 7.99. The molecule has 0 bridgehead atoms. The van der Waals surface area contributed by atoms with Crippen molar-refractivity contribution >= 4 is 23.8 Å². The second-order valence-electron chi connectivity index (χ2n) is 5.09. The summed E-state index contributed by atoms with van der Waals surface area (Å²) in [5.74, 6) is 1.12. The second-order valence-corrected chi connectivity index (χ2v) is 6.31. The van der Waals surface area contributed by atoms with Crippen LogP contribution in [0.25, 0.3) is 0 Å². The number of rotatable bonds is 3. The van der Waals surface area contributed by atoms with E-state index in [-0.39, 0.29) is 12.5 Å². The summed E-state index contributed by atoms with van der Waals surface area (Å²) in [5.41, 5.74) is -0.506. The summed E-state index contributed by atoms with van der Waals surface area (Å²) in [6.07, 6.45) is 3.62. The third-order valence-electron chi connectivity index (χ3n) is 3.72. The van der Waals surface area contributed by atoms with Crippen molar-refractivity contribution < 1.29 is 14.7 Å². The summed E-state index contributed by atoms with van der Waals surface area (Å²) in [6.45, 7) is 1.53. The maximum atomic E-state index is 12.2. The number of amides is 2. The van der Waals surface area contributed by atoms with Gasteiger partial charge in [-0.1, -0.05) is 12.8 Å². The molecule has 2 rings (SSSR count). The number of hydrogen-bond acceptors (Lipinski definition) is 3. The van der Waals surface area contributed by atoms with Crippen LogP contribution in [0.5, 0.6) is 0 Å². The summed E-state index contributed by atoms with van der Waals surface area (Å²) >= 11 is 1.85. The van der Waals surface area contributed by atoms with Crippen LogP contribution in [0.2, 0.25) is 0 Å². The van der Waals surface area contributed by atoms with Gasteiger partial charge in [-0.3, -0.25) is 4.79 Å². The molecule has 2 fully saturated rings. The van der Waals surface area contributed by atoms with Crippen LogP contribution in [0.15, 0.2) is 0 Å². The Bertz CT molecular complexity index is 323. The first-order valence-electron chi connectivity index (χ1n) is 6.48. The monoisotopic (exact) mass is 272 g/mol. The lowest BCUT2D eigenvalue weighted by Crippen LogP contribution is -2.54. The van der Waals surface area contributed by atoms with E-state index in [0.29, 0.717) is 0 Å². The Hall–Kier alpha value is -0.910. The lowest BCUT2D eigenvalue weighted by Gasteiger charge is -2.34. The quantitative estimate of drug-likeness (QED) is 0.817. The first-order valence-corrected chi connectivity index (χ1v) is 7.63. The highest BCUT2D eigenvalue weighted by Crippen LogP contribution is 2.32. The number of nitrogens with one attached hydrogen (secondary N) is 1. The Balaban J connectivity index is 1.95. The van der Waals surface area contributed by atoms with Crippen LogP contribution in [-0.2, 0) is 4.79 Å². The van der Waals surface area contributed by atoms with Crippen molar-refractivity contribution in [3.63, 3.8) is 0 Å². The fourth-order valence-corrected chi connectivity index (χ4v) is 3.66. The SMILES string of the molecule is O=C(O)CC1(NC(=O)N2CCSCC2)CCCC1. The zero-order chi connectivity index (χ0) is 13.0. The molecule has 2 amide bonds. The molecule has 0 radical (unpaired) electrons. The van der Waals surface area contributed by atoms with Crippen molar-refractivity contribution in [2.75, 3.05) is 24.6 Å². The molecule has 0 unspecified atom stereocenters. The first kappa shape index (κ1) is 13.5. The van der Waals surface area contributed by atoms with E-state index in [0.717, 1.165) is 50.3 Å². The van der Waals surface area contributed by atoms with Crippen LogP contribution in [0, 0.1) is 0 Å². The summed E-state index contributed by atoms with van der Waals surface area (Å²) in [5, 5.41) is 12.0. The van der Waals surface area contributed by atoms with E-state index in [9.17, 15) is 9.59 Å². The van der Waals surface area contributed by atoms with Gasteiger partial charge in [0.15, 0.2) is 0 Å². The zero-order valence-electron chi connectivity index (χ0n) is 10.5. The van der Waals surface area contributed by atoms with Gasteiger partial charge in [-0.15, -0.1) is 0 Å². The fourth-order valence-electron chi connectivity index (χ4n) is 2.76. The number of urea groups is 1. The normalized spacial score (nSPS) is 22.8. The third kappa shape index (κ3) is 3.31. The largest absolute Gasteiger partial charge is 0.481 e. The molecule has 0 atom stereocenters. The molecule has 2 N–H and O–H groups in total. The molecule has 0 spiro atoms. The molecule has 0 aromatic carbocycles. The minimum Gasteiger partial charge on any atom is -0.481 e. The molecule has 5 nitrogen and oxygen atoms in total. The number of carbonyl (C=O) groups excluding carboxylic acids is 1. The second kappa shape index (κ2) is 5.82. The third-order valence-corrected chi connectivity index (χ3v) is 4.66. The van der Waals surface area contributed by atoms with Crippen LogP contribution in [0.1, 0.15) is 32.1 Å². The highest BCUT2D eigenvalue weighted by Gasteiger charge is 2.38. The van der Waals surface area contributed by atoms with Gasteiger partial charge in [-0.25, -0.2) is 4.79 Å². The molecule has 6 heteroatoms. The first-order chi connectivity index (χ1) is 8.61. The van der Waals surface area contributed by atoms with Crippen LogP contribution < -0.4 is 5.32 Å². The number of aliphatic carboxylic acids is 1. The Morgan fingerprint density at radius 3 is 2.39 bits per heavy atom. The van der Waals surface area contributed by atoms with Gasteiger partial charge in [0.1, 0.15) is 0 Å². The van der Waals surface area contributed by atoms with Gasteiger partial charge >= 0.3 is 12.0 Å². The van der Waals surface area contributed by atoms with Crippen LogP contribution >= 0.6 is 11.8 Å². The van der Waals surface area contributed by atoms with E-state index in [4.69, 9.17) is 5.11 Å². The van der Waals surface area contributed by atoms with Crippen molar-refractivity contribution in [3.05, 3.63) is 0 Å². The summed E-state index contributed by atoms with van der Waals surface area (Å²) in [6, 6.07) is -0.0848. The molecule has 102 valence electrons. The number of hydrogen-bond donors (Lipinski definition) is 2. The molecule has 18 heavy (non-hydrogen) atoms. The molecule has 1 saturated heterocycles. The Labute approximate surface area is 111 Å². The minimum absolute atomic E-state index is 0.0430. The maximum Gasteiger partial charge on any atom is 0.317 e. The predicted molar refractivity (Wildman–Crippen MR) is 70.9 cm³/mol. The van der Waals surface area contributed by atoms with Crippen LogP contribution in [0.3, 0.4) is 0 Å². The molecule has 0 aromatic rings. The van der Waals surface area contributed by atoms with Crippen molar-refractivity contribution in [3.8, 4) is 0 Å². The number of thioether (sulfide) groups is 1. The van der Waals surface area contributed by atoms with Crippen LogP contribution in [-0.4, -0.2) is 52.1 Å². The average Bonchev–Trinajstić information content (AvgIpc) is 2.77. The molecular weight excluding hydrogens is 252 g/mol. The molecule has 1 heterocycles. The van der Waals surface area contributed by atoms with Gasteiger partial charge in [0.2, 0.25) is 0 Å². The van der Waals surface area contributed by atoms with Crippen molar-refractivity contribution in [1.29, 1.82) is 0 Å². The summed E-state index contributed by atoms with van der Waals surface area (Å²) in [7, 11) is 0. The number of carboxylic acids is 1. The number of nitrogens with zero attached hydrogens (tertiary/aromatic N) is 1. The van der Waals surface area contributed by atoms with E-state index in [2.05, 4.69) is 5.32 Å². The highest BCUT2D eigenvalue weighted by atomic mass is 32.2. The minimum atomic E-state index is -0.827. The Kier molecular flexibility index (Phi) is 4.37. The standard InChI is InChI=1S/C12H20N2O3S/c15-10(16)9-12(3-1-2-4-12)13-11(17)14-5-7-18-8-6-14/h1-9H2,(H,13,17)(H,15,16). The van der Waals surface area contributed by atoms with Gasteiger partial charge in [-0.05, 0) is 12.8 Å². The van der Waals surface area contributed by atoms with Gasteiger partial charge in [0.25, 0.3) is 0 Å². The fraction of sp³-hybridized carbons (Fsp3) is 0.833. The van der Waals surface area contributed by atoms with Gasteiger partial charge in [0, 0.05) is 24.6 Å². The van der Waals surface area contributed by atoms with E-state index in [1.807, 2.05) is 11.8 Å². The van der Waals surface area contributed by atoms with Crippen LogP contribution in [0.4, 0.5) is 4.79 Å². The molecule has 2 aliphatic rings. The maximum absolute atomic E-state index is 12.2. The van der Waals surface area contributed by atoms with Crippen molar-refractivity contribution in [2.24, 2.45) is 0 Å². The topological polar surface area (TPSA) is 69.6 Å². The number of carbonyl (C=O) groups is 2. The Morgan fingerprint density at radius 1 is 1.22 bits per heavy atom. The van der Waals surface area contributed by atoms with Crippen molar-refractivity contribution in [2.45, 2.75) is 37.6 Å². The van der Waals surface area contributed by atoms with Crippen molar-refractivity contribution in [1.82, 2.24) is 10.2 Å². The smallest absolute Gasteiger partial charge is 0.317 e. The van der Waals surface area contributed by atoms with Gasteiger partial charge in [-0.2, -0.15) is 11.8 Å². The summed E-state index contributed by atoms with van der Waals surface area (Å²) < 4.78 is 0. The average molecular weight is 272 g/mol. The lowest BCUT2D eigenvalue weighted by molar-refractivity contribution is -0.138. The molecule has 1 saturated carbocycles. The summed E-state index contributed by atoms with van der Waals surface area (Å²) in [4.78, 5) is 24.9. The van der Waals surface area contributed by atoms with E-state index < -0.39 is 11.5 Å². The predicted octanol–water partition coefficient (Wildman–Crippen LogP) is 1.53. The van der Waals surface area contributed by atoms with E-state index in [1.54, 1.807) is 4.90 Å². The van der Waals surface area contributed by atoms with E-state index >= 15 is 0 Å². The molecular formula is C12H20N2O3S. The Morgan fingerprint density at radius 2 is 1.83 bits per heavy atom. The molecule has 1 aliphatic heterocycles. The zero-order valence-corrected chi connectivity index (χ0v) is 11.3.